The highest BCUT2D eigenvalue weighted by atomic mass is 16.6. The van der Waals surface area contributed by atoms with Crippen LogP contribution in [0.25, 0.3) is 0 Å². The van der Waals surface area contributed by atoms with Crippen molar-refractivity contribution >= 4 is 5.69 Å². The highest BCUT2D eigenvalue weighted by Gasteiger charge is 2.13. The van der Waals surface area contributed by atoms with Crippen LogP contribution < -0.4 is 4.74 Å². The number of rotatable bonds is 4. The summed E-state index contributed by atoms with van der Waals surface area (Å²) in [6.07, 6.45) is 0. The molecule has 20 heavy (non-hydrogen) atoms. The summed E-state index contributed by atoms with van der Waals surface area (Å²) in [5.74, 6) is 0.819. The number of benzene rings is 2. The van der Waals surface area contributed by atoms with Crippen molar-refractivity contribution in [3.63, 3.8) is 0 Å². The molecule has 0 spiro atoms. The first-order valence-corrected chi connectivity index (χ1v) is 6.14. The van der Waals surface area contributed by atoms with E-state index in [9.17, 15) is 15.2 Å². The molecule has 0 amide bonds. The van der Waals surface area contributed by atoms with Gasteiger partial charge in [0.1, 0.15) is 18.1 Å². The minimum Gasteiger partial charge on any atom is -0.508 e. The van der Waals surface area contributed by atoms with Gasteiger partial charge in [-0.1, -0.05) is 12.1 Å². The van der Waals surface area contributed by atoms with Gasteiger partial charge >= 0.3 is 0 Å². The van der Waals surface area contributed by atoms with Crippen LogP contribution in [0.4, 0.5) is 5.69 Å². The van der Waals surface area contributed by atoms with Gasteiger partial charge in [-0.25, -0.2) is 0 Å². The summed E-state index contributed by atoms with van der Waals surface area (Å²) in [4.78, 5) is 10.5. The van der Waals surface area contributed by atoms with Crippen LogP contribution in [0.5, 0.6) is 11.5 Å². The number of phenolic OH excluding ortho intramolecular Hbond substituents is 1. The van der Waals surface area contributed by atoms with Crippen LogP contribution in [0.1, 0.15) is 16.7 Å². The highest BCUT2D eigenvalue weighted by molar-refractivity contribution is 5.45. The lowest BCUT2D eigenvalue weighted by atomic mass is 10.1. The largest absolute Gasteiger partial charge is 0.508 e. The third-order valence-electron chi connectivity index (χ3n) is 3.06. The fourth-order valence-electron chi connectivity index (χ4n) is 1.90. The van der Waals surface area contributed by atoms with Gasteiger partial charge in [0, 0.05) is 6.07 Å². The number of nitro benzene ring substituents is 1. The van der Waals surface area contributed by atoms with Crippen LogP contribution >= 0.6 is 0 Å². The summed E-state index contributed by atoms with van der Waals surface area (Å²) in [5, 5.41) is 20.5. The van der Waals surface area contributed by atoms with E-state index in [1.54, 1.807) is 37.3 Å². The van der Waals surface area contributed by atoms with E-state index in [-0.39, 0.29) is 18.0 Å². The summed E-state index contributed by atoms with van der Waals surface area (Å²) in [7, 11) is 0. The lowest BCUT2D eigenvalue weighted by Gasteiger charge is -2.11. The maximum atomic E-state index is 10.9. The number of hydrogen-bond donors (Lipinski definition) is 1. The molecule has 0 atom stereocenters. The van der Waals surface area contributed by atoms with Crippen molar-refractivity contribution in [2.24, 2.45) is 0 Å². The molecule has 5 nitrogen and oxygen atoms in total. The molecule has 0 aliphatic carbocycles. The zero-order valence-electron chi connectivity index (χ0n) is 11.3. The highest BCUT2D eigenvalue weighted by Crippen LogP contribution is 2.28. The minimum atomic E-state index is -0.423. The van der Waals surface area contributed by atoms with Gasteiger partial charge in [0.05, 0.1) is 10.5 Å². The molecule has 0 aromatic heterocycles. The molecule has 0 aliphatic rings. The molecule has 2 aromatic rings. The van der Waals surface area contributed by atoms with Crippen molar-refractivity contribution in [1.29, 1.82) is 0 Å². The van der Waals surface area contributed by atoms with Crippen molar-refractivity contribution < 1.29 is 14.8 Å². The third-order valence-corrected chi connectivity index (χ3v) is 3.06. The Bertz CT molecular complexity index is 652. The van der Waals surface area contributed by atoms with Crippen molar-refractivity contribution in [3.8, 4) is 11.5 Å². The fourth-order valence-corrected chi connectivity index (χ4v) is 1.90. The van der Waals surface area contributed by atoms with Crippen LogP contribution in [0.15, 0.2) is 36.4 Å². The molecule has 5 heteroatoms. The summed E-state index contributed by atoms with van der Waals surface area (Å²) in [6, 6.07) is 9.82. The van der Waals surface area contributed by atoms with E-state index in [1.165, 1.54) is 6.07 Å². The maximum absolute atomic E-state index is 10.9. The first-order valence-electron chi connectivity index (χ1n) is 6.14. The standard InChI is InChI=1S/C15H15NO4/c1-10-8-15(11(2)7-14(10)17)20-9-12-5-3-4-6-13(12)16(18)19/h3-8,17H,9H2,1-2H3. The Balaban J connectivity index is 2.21. The molecule has 0 bridgehead atoms. The maximum Gasteiger partial charge on any atom is 0.276 e. The summed E-state index contributed by atoms with van der Waals surface area (Å²) in [5.41, 5.74) is 2.04. The van der Waals surface area contributed by atoms with E-state index >= 15 is 0 Å². The first-order chi connectivity index (χ1) is 9.49. The lowest BCUT2D eigenvalue weighted by molar-refractivity contribution is -0.385. The Kier molecular flexibility index (Phi) is 3.89. The lowest BCUT2D eigenvalue weighted by Crippen LogP contribution is -2.01. The number of phenols is 1. The van der Waals surface area contributed by atoms with E-state index in [1.807, 2.05) is 6.92 Å². The van der Waals surface area contributed by atoms with Crippen molar-refractivity contribution in [3.05, 3.63) is 63.2 Å². The van der Waals surface area contributed by atoms with Gasteiger partial charge < -0.3 is 9.84 Å². The molecule has 0 fully saturated rings. The number of aromatic hydroxyl groups is 1. The van der Waals surface area contributed by atoms with Crippen molar-refractivity contribution in [2.45, 2.75) is 20.5 Å². The Labute approximate surface area is 116 Å². The number of nitrogens with zero attached hydrogens (tertiary/aromatic N) is 1. The van der Waals surface area contributed by atoms with Crippen molar-refractivity contribution in [2.75, 3.05) is 0 Å². The number of hydrogen-bond acceptors (Lipinski definition) is 4. The molecule has 2 rings (SSSR count). The molecule has 2 aromatic carbocycles. The average molecular weight is 273 g/mol. The van der Waals surface area contributed by atoms with Gasteiger partial charge in [-0.3, -0.25) is 10.1 Å². The number of nitro groups is 1. The topological polar surface area (TPSA) is 72.6 Å². The molecule has 0 heterocycles. The second-order valence-corrected chi connectivity index (χ2v) is 4.58. The van der Waals surface area contributed by atoms with E-state index in [0.29, 0.717) is 16.9 Å². The molecule has 0 aliphatic heterocycles. The Morgan fingerprint density at radius 3 is 2.60 bits per heavy atom. The Morgan fingerprint density at radius 1 is 1.20 bits per heavy atom. The fraction of sp³-hybridized carbons (Fsp3) is 0.200. The van der Waals surface area contributed by atoms with Crippen LogP contribution in [-0.4, -0.2) is 10.0 Å². The van der Waals surface area contributed by atoms with E-state index < -0.39 is 4.92 Å². The normalized spacial score (nSPS) is 10.3. The van der Waals surface area contributed by atoms with Crippen molar-refractivity contribution in [1.82, 2.24) is 0 Å². The molecule has 0 radical (unpaired) electrons. The molecule has 104 valence electrons. The Hall–Kier alpha value is -2.56. The van der Waals surface area contributed by atoms with Gasteiger partial charge in [-0.15, -0.1) is 0 Å². The van der Waals surface area contributed by atoms with E-state index in [0.717, 1.165) is 5.56 Å². The summed E-state index contributed by atoms with van der Waals surface area (Å²) in [6.45, 7) is 3.70. The van der Waals surface area contributed by atoms with E-state index in [4.69, 9.17) is 4.74 Å². The molecular weight excluding hydrogens is 258 g/mol. The van der Waals surface area contributed by atoms with Gasteiger partial charge in [0.25, 0.3) is 5.69 Å². The molecule has 1 N–H and O–H groups in total. The zero-order chi connectivity index (χ0) is 14.7. The number of aryl methyl sites for hydroxylation is 2. The van der Waals surface area contributed by atoms with Crippen LogP contribution in [0.3, 0.4) is 0 Å². The minimum absolute atomic E-state index is 0.0423. The molecule has 0 saturated heterocycles. The first kappa shape index (κ1) is 13.9. The predicted octanol–water partition coefficient (Wildman–Crippen LogP) is 3.50. The number of para-hydroxylation sites is 1. The van der Waals surface area contributed by atoms with E-state index in [2.05, 4.69) is 0 Å². The quantitative estimate of drug-likeness (QED) is 0.683. The number of ether oxygens (including phenoxy) is 1. The zero-order valence-corrected chi connectivity index (χ0v) is 11.3. The molecule has 0 saturated carbocycles. The van der Waals surface area contributed by atoms with Crippen LogP contribution in [0, 0.1) is 24.0 Å². The van der Waals surface area contributed by atoms with Gasteiger partial charge in [-0.05, 0) is 43.2 Å². The summed E-state index contributed by atoms with van der Waals surface area (Å²) < 4.78 is 5.63. The second kappa shape index (κ2) is 5.61. The SMILES string of the molecule is Cc1cc(OCc2ccccc2[N+](=O)[O-])c(C)cc1O. The van der Waals surface area contributed by atoms with Gasteiger partial charge in [-0.2, -0.15) is 0 Å². The third kappa shape index (κ3) is 2.88. The molecule has 0 unspecified atom stereocenters. The second-order valence-electron chi connectivity index (χ2n) is 4.58. The van der Waals surface area contributed by atoms with Crippen LogP contribution in [-0.2, 0) is 6.61 Å². The summed E-state index contributed by atoms with van der Waals surface area (Å²) >= 11 is 0. The van der Waals surface area contributed by atoms with Crippen LogP contribution in [0.2, 0.25) is 0 Å². The average Bonchev–Trinajstić information content (AvgIpc) is 2.41. The Morgan fingerprint density at radius 2 is 1.90 bits per heavy atom. The van der Waals surface area contributed by atoms with Gasteiger partial charge in [0.15, 0.2) is 0 Å². The predicted molar refractivity (Wildman–Crippen MR) is 75.0 cm³/mol. The smallest absolute Gasteiger partial charge is 0.276 e. The monoisotopic (exact) mass is 273 g/mol. The molecular formula is C15H15NO4. The van der Waals surface area contributed by atoms with Gasteiger partial charge in [0.2, 0.25) is 0 Å².